The van der Waals surface area contributed by atoms with Crippen molar-refractivity contribution in [2.75, 3.05) is 0 Å². The number of carboxylic acid groups (broad SMARTS) is 1. The molecular formula is C19H28IO4+. The molecule has 0 aromatic carbocycles. The minimum atomic E-state index is -0.635. The molecule has 0 bridgehead atoms. The Balaban J connectivity index is 1.48. The van der Waals surface area contributed by atoms with Crippen molar-refractivity contribution >= 4 is 36.2 Å². The van der Waals surface area contributed by atoms with Gasteiger partial charge in [-0.05, 0) is 41.5 Å². The third-order valence-corrected chi connectivity index (χ3v) is 9.06. The summed E-state index contributed by atoms with van der Waals surface area (Å²) < 4.78 is 7.34. The fraction of sp³-hybridized carbons (Fsp3) is 0.737. The molecule has 2 saturated carbocycles. The molecule has 1 heterocycles. The smallest absolute Gasteiger partial charge is 0.481 e. The molecule has 0 aromatic heterocycles. The van der Waals surface area contributed by atoms with Crippen LogP contribution in [0.4, 0.5) is 0 Å². The molecule has 2 fully saturated rings. The van der Waals surface area contributed by atoms with E-state index in [1.807, 2.05) is 6.08 Å². The number of aliphatic carboxylic acids is 1. The second-order valence-corrected chi connectivity index (χ2v) is 10.7. The van der Waals surface area contributed by atoms with Crippen LogP contribution in [-0.2, 0) is 9.53 Å². The van der Waals surface area contributed by atoms with Crippen LogP contribution in [-0.4, -0.2) is 35.4 Å². The molecule has 2 aliphatic carbocycles. The van der Waals surface area contributed by atoms with Gasteiger partial charge >= 0.3 is 11.9 Å². The molecule has 4 nitrogen and oxygen atoms in total. The molecule has 134 valence electrons. The number of hydrogen-bond acceptors (Lipinski definition) is 2. The van der Waals surface area contributed by atoms with Crippen LogP contribution in [0.3, 0.4) is 0 Å². The second kappa shape index (κ2) is 8.11. The van der Waals surface area contributed by atoms with Crippen LogP contribution in [0, 0.1) is 17.8 Å². The van der Waals surface area contributed by atoms with Gasteiger partial charge in [0, 0.05) is 16.3 Å². The van der Waals surface area contributed by atoms with Gasteiger partial charge in [0.1, 0.15) is 6.42 Å². The van der Waals surface area contributed by atoms with Gasteiger partial charge in [-0.2, -0.15) is 0 Å². The Morgan fingerprint density at radius 3 is 2.75 bits per heavy atom. The number of halogens is 1. The Kier molecular flexibility index (Phi) is 6.11. The summed E-state index contributed by atoms with van der Waals surface area (Å²) in [7, 11) is 0. The van der Waals surface area contributed by atoms with Crippen molar-refractivity contribution < 1.29 is 19.4 Å². The molecule has 0 spiro atoms. The molecule has 24 heavy (non-hydrogen) atoms. The predicted molar refractivity (Wildman–Crippen MR) is 104 cm³/mol. The van der Waals surface area contributed by atoms with Crippen molar-refractivity contribution in [3.05, 3.63) is 12.7 Å². The number of esters is 1. The summed E-state index contributed by atoms with van der Waals surface area (Å²) in [6.07, 6.45) is 11.2. The van der Waals surface area contributed by atoms with E-state index in [0.29, 0.717) is 18.3 Å². The summed E-state index contributed by atoms with van der Waals surface area (Å²) in [6.45, 7) is 3.80. The van der Waals surface area contributed by atoms with Gasteiger partial charge in [0.05, 0.1) is 5.92 Å². The maximum Gasteiger partial charge on any atom is 0.487 e. The van der Waals surface area contributed by atoms with E-state index in [1.54, 1.807) is 0 Å². The lowest BCUT2D eigenvalue weighted by Gasteiger charge is -2.18. The summed E-state index contributed by atoms with van der Waals surface area (Å²) in [5.74, 6) is 0.0832. The zero-order valence-corrected chi connectivity index (χ0v) is 16.3. The van der Waals surface area contributed by atoms with Crippen LogP contribution in [0.15, 0.2) is 12.7 Å². The van der Waals surface area contributed by atoms with Crippen LogP contribution in [0.1, 0.15) is 57.8 Å². The largest absolute Gasteiger partial charge is 0.487 e. The Hall–Kier alpha value is -0.720. The van der Waals surface area contributed by atoms with E-state index in [0.717, 1.165) is 38.5 Å². The van der Waals surface area contributed by atoms with Crippen molar-refractivity contribution in [1.29, 1.82) is 0 Å². The van der Waals surface area contributed by atoms with Gasteiger partial charge in [0.2, 0.25) is 0 Å². The standard InChI is InChI=1S/C19H27IO4/c1-2-6-12-9-5-10-15(12)24-16(21)11-14-18(20-14)17(19(22)23)13-7-3-4-8-13/h2,12-13,15,17-18H,1,3-11H2,(H,22,23)/p+1/t12-,15?,17-,18?/m1/s1. The Morgan fingerprint density at radius 1 is 1.33 bits per heavy atom. The fourth-order valence-electron chi connectivity index (χ4n) is 4.40. The molecule has 3 aliphatic rings. The first-order chi connectivity index (χ1) is 11.6. The molecule has 0 aromatic rings. The zero-order chi connectivity index (χ0) is 17.1. The lowest BCUT2D eigenvalue weighted by molar-refractivity contribution is -0.142. The number of carboxylic acids is 1. The number of carbonyl (C=O) groups is 1. The highest BCUT2D eigenvalue weighted by Crippen LogP contribution is 2.46. The van der Waals surface area contributed by atoms with Gasteiger partial charge in [-0.3, -0.25) is 4.79 Å². The molecule has 0 radical (unpaired) electrons. The molecule has 5 heteroatoms. The number of carbonyl (C=O) groups excluding carboxylic acids is 1. The fourth-order valence-corrected chi connectivity index (χ4v) is 7.52. The van der Waals surface area contributed by atoms with E-state index in [-0.39, 0.29) is 42.6 Å². The molecule has 0 saturated heterocycles. The van der Waals surface area contributed by atoms with Crippen LogP contribution in [0.25, 0.3) is 0 Å². The van der Waals surface area contributed by atoms with Gasteiger partial charge in [-0.15, -0.1) is 27.3 Å². The molecular weight excluding hydrogens is 419 g/mol. The van der Waals surface area contributed by atoms with Crippen molar-refractivity contribution in [3.8, 4) is 0 Å². The maximum absolute atomic E-state index is 11.7. The molecule has 1 aliphatic heterocycles. The minimum absolute atomic E-state index is 0.101. The molecule has 4 atom stereocenters. The summed E-state index contributed by atoms with van der Waals surface area (Å²) in [5, 5.41) is 9.61. The first kappa shape index (κ1) is 18.1. The first-order valence-electron chi connectivity index (χ1n) is 9.14. The summed E-state index contributed by atoms with van der Waals surface area (Å²) in [5.41, 5.74) is 0. The normalized spacial score (nSPS) is 31.0. The summed E-state index contributed by atoms with van der Waals surface area (Å²) in [4.78, 5) is 21.9. The van der Waals surface area contributed by atoms with Gasteiger partial charge in [0.25, 0.3) is 0 Å². The van der Waals surface area contributed by atoms with E-state index in [4.69, 9.17) is 4.74 Å². The molecule has 3 rings (SSSR count). The third-order valence-electron chi connectivity index (χ3n) is 5.68. The van der Waals surface area contributed by atoms with Gasteiger partial charge in [-0.25, -0.2) is 0 Å². The van der Waals surface area contributed by atoms with Crippen LogP contribution in [0.5, 0.6) is 0 Å². The van der Waals surface area contributed by atoms with Gasteiger partial charge in [-0.1, -0.05) is 18.9 Å². The monoisotopic (exact) mass is 447 g/mol. The average Bonchev–Trinajstić information content (AvgIpc) is 2.91. The SMILES string of the molecule is C=CC[C@@H]1CCCC1OC(=[OH+])CC1=IC1[C@H](C(=O)O)C1CCCC1. The van der Waals surface area contributed by atoms with E-state index in [1.165, 1.54) is 16.4 Å². The van der Waals surface area contributed by atoms with Gasteiger partial charge < -0.3 is 14.6 Å². The first-order valence-corrected chi connectivity index (χ1v) is 11.5. The predicted octanol–water partition coefficient (Wildman–Crippen LogP) is 4.06. The molecule has 2 N–H and O–H groups in total. The van der Waals surface area contributed by atoms with E-state index < -0.39 is 5.97 Å². The third kappa shape index (κ3) is 4.27. The van der Waals surface area contributed by atoms with Crippen molar-refractivity contribution in [2.24, 2.45) is 17.8 Å². The quantitative estimate of drug-likeness (QED) is 0.201. The minimum Gasteiger partial charge on any atom is -0.481 e. The Bertz CT molecular complexity index is 535. The van der Waals surface area contributed by atoms with Crippen LogP contribution in [0.2, 0.25) is 0 Å². The van der Waals surface area contributed by atoms with E-state index in [2.05, 4.69) is 6.58 Å². The van der Waals surface area contributed by atoms with E-state index in [9.17, 15) is 14.7 Å². The highest BCUT2D eigenvalue weighted by Gasteiger charge is 2.46. The highest BCUT2D eigenvalue weighted by atomic mass is 127. The number of alkyl halides is 1. The van der Waals surface area contributed by atoms with Crippen molar-refractivity contribution in [2.45, 2.75) is 67.8 Å². The molecule has 2 unspecified atom stereocenters. The topological polar surface area (TPSA) is 67.9 Å². The van der Waals surface area contributed by atoms with Crippen LogP contribution < -0.4 is 0 Å². The number of allylic oxidation sites excluding steroid dienone is 1. The summed E-state index contributed by atoms with van der Waals surface area (Å²) in [6, 6.07) is 0. The lowest BCUT2D eigenvalue weighted by atomic mass is 9.87. The Morgan fingerprint density at radius 2 is 2.08 bits per heavy atom. The van der Waals surface area contributed by atoms with Crippen molar-refractivity contribution in [1.82, 2.24) is 0 Å². The Labute approximate surface area is 153 Å². The number of rotatable bonds is 8. The van der Waals surface area contributed by atoms with Gasteiger partial charge in [0.15, 0.2) is 6.10 Å². The lowest BCUT2D eigenvalue weighted by Crippen LogP contribution is -2.30. The maximum atomic E-state index is 11.7. The number of ether oxygens (including phenoxy) is 1. The highest BCUT2D eigenvalue weighted by molar-refractivity contribution is 14.2. The summed E-state index contributed by atoms with van der Waals surface area (Å²) >= 11 is -0.196. The second-order valence-electron chi connectivity index (χ2n) is 7.31. The van der Waals surface area contributed by atoms with Crippen LogP contribution >= 0.6 is 20.7 Å². The molecule has 0 amide bonds. The van der Waals surface area contributed by atoms with E-state index >= 15 is 0 Å². The average molecular weight is 447 g/mol. The number of hydrogen-bond donors (Lipinski definition) is 1. The zero-order valence-electron chi connectivity index (χ0n) is 14.1. The van der Waals surface area contributed by atoms with Crippen molar-refractivity contribution in [3.63, 3.8) is 0 Å².